The van der Waals surface area contributed by atoms with E-state index in [1.165, 1.54) is 28.7 Å². The fourth-order valence-corrected chi connectivity index (χ4v) is 1.66. The maximum absolute atomic E-state index is 5.54. The third-order valence-electron chi connectivity index (χ3n) is 3.08. The first-order valence-corrected chi connectivity index (χ1v) is 6.71. The van der Waals surface area contributed by atoms with E-state index in [4.69, 9.17) is 4.74 Å². The third-order valence-corrected chi connectivity index (χ3v) is 3.08. The Kier molecular flexibility index (Phi) is 6.27. The van der Waals surface area contributed by atoms with Gasteiger partial charge in [-0.1, -0.05) is 37.6 Å². The number of hydrogen-bond donors (Lipinski definition) is 0. The van der Waals surface area contributed by atoms with Gasteiger partial charge in [-0.05, 0) is 55.5 Å². The normalized spacial score (nSPS) is 12.7. The molecule has 1 aromatic rings. The van der Waals surface area contributed by atoms with Crippen molar-refractivity contribution in [3.63, 3.8) is 0 Å². The Morgan fingerprint density at radius 2 is 1.83 bits per heavy atom. The molecule has 0 heterocycles. The average Bonchev–Trinajstić information content (AvgIpc) is 2.42. The van der Waals surface area contributed by atoms with E-state index in [0.717, 1.165) is 13.0 Å². The van der Waals surface area contributed by atoms with E-state index in [9.17, 15) is 0 Å². The van der Waals surface area contributed by atoms with Crippen LogP contribution in [0.4, 0.5) is 0 Å². The van der Waals surface area contributed by atoms with Crippen molar-refractivity contribution in [3.05, 3.63) is 47.7 Å². The van der Waals surface area contributed by atoms with Gasteiger partial charge < -0.3 is 4.74 Å². The minimum Gasteiger partial charge on any atom is -0.501 e. The maximum Gasteiger partial charge on any atom is 0.0873 e. The lowest BCUT2D eigenvalue weighted by Crippen LogP contribution is -1.89. The lowest BCUT2D eigenvalue weighted by molar-refractivity contribution is 0.245. The summed E-state index contributed by atoms with van der Waals surface area (Å²) in [4.78, 5) is 0. The van der Waals surface area contributed by atoms with Crippen molar-refractivity contribution < 1.29 is 4.74 Å². The monoisotopic (exact) mass is 244 g/mol. The summed E-state index contributed by atoms with van der Waals surface area (Å²) in [6.45, 7) is 9.27. The van der Waals surface area contributed by atoms with Crippen LogP contribution in [0.5, 0.6) is 0 Å². The molecule has 1 aromatic carbocycles. The number of unbranched alkanes of at least 4 members (excludes halogenated alkanes) is 1. The molecule has 0 N–H and O–H groups in total. The predicted octanol–water partition coefficient (Wildman–Crippen LogP) is 5.29. The van der Waals surface area contributed by atoms with Crippen LogP contribution in [0.1, 0.15) is 51.7 Å². The molecular formula is C17H24O. The second kappa shape index (κ2) is 7.75. The van der Waals surface area contributed by atoms with Crippen LogP contribution in [0, 0.1) is 0 Å². The smallest absolute Gasteiger partial charge is 0.0873 e. The molecule has 0 aliphatic heterocycles. The highest BCUT2D eigenvalue weighted by Gasteiger charge is 1.99. The second-order valence-electron chi connectivity index (χ2n) is 4.58. The summed E-state index contributed by atoms with van der Waals surface area (Å²) in [5.41, 5.74) is 4.98. The number of rotatable bonds is 6. The highest BCUT2D eigenvalue weighted by Crippen LogP contribution is 2.20. The third kappa shape index (κ3) is 4.40. The molecule has 0 spiro atoms. The van der Waals surface area contributed by atoms with E-state index in [1.807, 2.05) is 6.26 Å². The highest BCUT2D eigenvalue weighted by molar-refractivity contribution is 5.70. The molecule has 0 fully saturated rings. The molecule has 0 aliphatic rings. The van der Waals surface area contributed by atoms with Gasteiger partial charge in [-0.25, -0.2) is 0 Å². The topological polar surface area (TPSA) is 9.23 Å². The van der Waals surface area contributed by atoms with Crippen LogP contribution in [0.2, 0.25) is 0 Å². The van der Waals surface area contributed by atoms with Crippen LogP contribution in [0.3, 0.4) is 0 Å². The Bertz CT molecular complexity index is 427. The van der Waals surface area contributed by atoms with Gasteiger partial charge in [0.05, 0.1) is 12.9 Å². The molecular weight excluding hydrogens is 220 g/mol. The molecule has 0 saturated carbocycles. The van der Waals surface area contributed by atoms with Gasteiger partial charge in [0.1, 0.15) is 0 Å². The Balaban J connectivity index is 2.76. The molecule has 98 valence electrons. The van der Waals surface area contributed by atoms with E-state index in [1.54, 1.807) is 0 Å². The molecule has 0 amide bonds. The Hall–Kier alpha value is -1.50. The van der Waals surface area contributed by atoms with Crippen molar-refractivity contribution in [1.29, 1.82) is 0 Å². The van der Waals surface area contributed by atoms with Crippen LogP contribution in [0.15, 0.2) is 36.6 Å². The largest absolute Gasteiger partial charge is 0.501 e. The van der Waals surface area contributed by atoms with Gasteiger partial charge in [0.25, 0.3) is 0 Å². The lowest BCUT2D eigenvalue weighted by atomic mass is 10.0. The maximum atomic E-state index is 5.54. The molecule has 1 nitrogen and oxygen atoms in total. The van der Waals surface area contributed by atoms with Crippen LogP contribution in [-0.2, 0) is 4.74 Å². The molecule has 0 bridgehead atoms. The first-order valence-electron chi connectivity index (χ1n) is 6.71. The molecule has 0 atom stereocenters. The molecule has 0 radical (unpaired) electrons. The second-order valence-corrected chi connectivity index (χ2v) is 4.58. The van der Waals surface area contributed by atoms with Gasteiger partial charge in [0.15, 0.2) is 0 Å². The fraction of sp³-hybridized carbons (Fsp3) is 0.412. The average molecular weight is 244 g/mol. The number of benzene rings is 1. The summed E-state index contributed by atoms with van der Waals surface area (Å²) in [5, 5.41) is 0. The zero-order chi connectivity index (χ0) is 13.4. The standard InChI is InChI=1S/C17H24O/c1-5-7-11-18-13-15(4)17-10-8-9-16(12-17)14(3)6-2/h6,8-10,12-13H,5,7,11H2,1-4H3/b14-6+,15-13+. The number of allylic oxidation sites excluding steroid dienone is 3. The molecule has 0 saturated heterocycles. The van der Waals surface area contributed by atoms with E-state index in [-0.39, 0.29) is 0 Å². The van der Waals surface area contributed by atoms with Gasteiger partial charge in [0.2, 0.25) is 0 Å². The molecule has 0 unspecified atom stereocenters. The SMILES string of the molecule is C/C=C(\C)c1cccc(/C(C)=C/OCCCC)c1. The molecule has 0 aromatic heterocycles. The van der Waals surface area contributed by atoms with Crippen molar-refractivity contribution in [1.82, 2.24) is 0 Å². The van der Waals surface area contributed by atoms with Crippen molar-refractivity contribution in [2.75, 3.05) is 6.61 Å². The zero-order valence-electron chi connectivity index (χ0n) is 12.0. The summed E-state index contributed by atoms with van der Waals surface area (Å²) < 4.78 is 5.54. The first-order chi connectivity index (χ1) is 8.69. The van der Waals surface area contributed by atoms with Gasteiger partial charge in [-0.15, -0.1) is 0 Å². The molecule has 18 heavy (non-hydrogen) atoms. The van der Waals surface area contributed by atoms with Crippen molar-refractivity contribution in [3.8, 4) is 0 Å². The van der Waals surface area contributed by atoms with Crippen molar-refractivity contribution in [2.24, 2.45) is 0 Å². The van der Waals surface area contributed by atoms with Gasteiger partial charge in [0, 0.05) is 0 Å². The van der Waals surface area contributed by atoms with Crippen LogP contribution in [-0.4, -0.2) is 6.61 Å². The lowest BCUT2D eigenvalue weighted by Gasteiger charge is -2.07. The number of ether oxygens (including phenoxy) is 1. The van der Waals surface area contributed by atoms with Crippen LogP contribution < -0.4 is 0 Å². The van der Waals surface area contributed by atoms with E-state index in [2.05, 4.69) is 58.0 Å². The molecule has 0 aliphatic carbocycles. The predicted molar refractivity (Wildman–Crippen MR) is 80.3 cm³/mol. The molecule has 1 heteroatoms. The van der Waals surface area contributed by atoms with Crippen molar-refractivity contribution in [2.45, 2.75) is 40.5 Å². The summed E-state index contributed by atoms with van der Waals surface area (Å²) >= 11 is 0. The highest BCUT2D eigenvalue weighted by atomic mass is 16.5. The fourth-order valence-electron chi connectivity index (χ4n) is 1.66. The quantitative estimate of drug-likeness (QED) is 0.488. The Labute approximate surface area is 111 Å². The van der Waals surface area contributed by atoms with E-state index in [0.29, 0.717) is 0 Å². The minimum atomic E-state index is 0.807. The van der Waals surface area contributed by atoms with Gasteiger partial charge in [-0.2, -0.15) is 0 Å². The summed E-state index contributed by atoms with van der Waals surface area (Å²) in [5.74, 6) is 0. The first kappa shape index (κ1) is 14.6. The van der Waals surface area contributed by atoms with Gasteiger partial charge in [-0.3, -0.25) is 0 Å². The van der Waals surface area contributed by atoms with Crippen LogP contribution in [0.25, 0.3) is 11.1 Å². The van der Waals surface area contributed by atoms with E-state index < -0.39 is 0 Å². The van der Waals surface area contributed by atoms with E-state index >= 15 is 0 Å². The number of hydrogen-bond acceptors (Lipinski definition) is 1. The Morgan fingerprint density at radius 1 is 1.17 bits per heavy atom. The Morgan fingerprint density at radius 3 is 2.44 bits per heavy atom. The van der Waals surface area contributed by atoms with Crippen LogP contribution >= 0.6 is 0 Å². The van der Waals surface area contributed by atoms with Crippen molar-refractivity contribution >= 4 is 11.1 Å². The summed E-state index contributed by atoms with van der Waals surface area (Å²) in [6.07, 6.45) is 6.29. The summed E-state index contributed by atoms with van der Waals surface area (Å²) in [7, 11) is 0. The zero-order valence-corrected chi connectivity index (χ0v) is 12.0. The minimum absolute atomic E-state index is 0.807. The summed E-state index contributed by atoms with van der Waals surface area (Å²) in [6, 6.07) is 8.58. The molecule has 1 rings (SSSR count). The van der Waals surface area contributed by atoms with Gasteiger partial charge >= 0.3 is 0 Å².